The summed E-state index contributed by atoms with van der Waals surface area (Å²) >= 11 is 0. The maximum atomic E-state index is 13.3. The Labute approximate surface area is 161 Å². The van der Waals surface area contributed by atoms with Gasteiger partial charge in [-0.1, -0.05) is 42.5 Å². The van der Waals surface area contributed by atoms with Crippen molar-refractivity contribution < 1.29 is 24.5 Å². The van der Waals surface area contributed by atoms with Crippen LogP contribution in [0.2, 0.25) is 0 Å². The highest BCUT2D eigenvalue weighted by Gasteiger charge is 2.49. The predicted octanol–water partition coefficient (Wildman–Crippen LogP) is 3.14. The third-order valence-corrected chi connectivity index (χ3v) is 4.87. The molecule has 0 aromatic heterocycles. The van der Waals surface area contributed by atoms with Crippen molar-refractivity contribution in [3.05, 3.63) is 89.5 Å². The molecule has 0 saturated heterocycles. The topological polar surface area (TPSA) is 95.9 Å². The van der Waals surface area contributed by atoms with Crippen molar-refractivity contribution in [2.75, 3.05) is 11.9 Å². The summed E-state index contributed by atoms with van der Waals surface area (Å²) in [4.78, 5) is 24.0. The number of fused-ring (bicyclic) bond motifs is 1. The van der Waals surface area contributed by atoms with Crippen LogP contribution in [0.4, 0.5) is 5.69 Å². The Hall–Kier alpha value is -3.80. The Balaban J connectivity index is 1.87. The third kappa shape index (κ3) is 2.75. The van der Waals surface area contributed by atoms with Gasteiger partial charge in [0.2, 0.25) is 5.91 Å². The number of para-hydroxylation sites is 1. The van der Waals surface area contributed by atoms with E-state index in [9.17, 15) is 14.7 Å². The number of rotatable bonds is 5. The van der Waals surface area contributed by atoms with Gasteiger partial charge in [0.15, 0.2) is 6.61 Å². The van der Waals surface area contributed by atoms with Crippen molar-refractivity contribution in [2.24, 2.45) is 0 Å². The lowest BCUT2D eigenvalue weighted by atomic mass is 9.70. The van der Waals surface area contributed by atoms with E-state index in [1.54, 1.807) is 48.5 Å². The third-order valence-electron chi connectivity index (χ3n) is 4.87. The van der Waals surface area contributed by atoms with Gasteiger partial charge in [0.05, 0.1) is 0 Å². The van der Waals surface area contributed by atoms with E-state index in [1.165, 1.54) is 0 Å². The summed E-state index contributed by atoms with van der Waals surface area (Å²) in [6, 6.07) is 20.8. The average molecular weight is 375 g/mol. The number of hydrogen-bond donors (Lipinski definition) is 3. The minimum atomic E-state index is -1.09. The highest BCUT2D eigenvalue weighted by molar-refractivity contribution is 6.11. The lowest BCUT2D eigenvalue weighted by molar-refractivity contribution is -0.139. The molecule has 0 aliphatic carbocycles. The lowest BCUT2D eigenvalue weighted by Crippen LogP contribution is -2.36. The van der Waals surface area contributed by atoms with Gasteiger partial charge in [-0.05, 0) is 41.5 Å². The van der Waals surface area contributed by atoms with Crippen molar-refractivity contribution in [3.63, 3.8) is 0 Å². The van der Waals surface area contributed by atoms with Crippen molar-refractivity contribution in [2.45, 2.75) is 5.41 Å². The molecule has 0 spiro atoms. The molecule has 1 aliphatic heterocycles. The summed E-state index contributed by atoms with van der Waals surface area (Å²) in [5.74, 6) is -0.742. The minimum Gasteiger partial charge on any atom is -0.508 e. The second kappa shape index (κ2) is 6.74. The summed E-state index contributed by atoms with van der Waals surface area (Å²) in [5, 5.41) is 21.4. The molecule has 3 aromatic rings. The Kier molecular flexibility index (Phi) is 4.24. The molecule has 0 saturated carbocycles. The molecule has 28 heavy (non-hydrogen) atoms. The summed E-state index contributed by atoms with van der Waals surface area (Å²) < 4.78 is 5.20. The molecule has 3 aromatic carbocycles. The number of phenols is 1. The fourth-order valence-corrected chi connectivity index (χ4v) is 3.66. The second-order valence-electron chi connectivity index (χ2n) is 6.50. The molecule has 0 fully saturated rings. The molecule has 0 radical (unpaired) electrons. The second-order valence-corrected chi connectivity index (χ2v) is 6.50. The normalized spacial score (nSPS) is 17.6. The Morgan fingerprint density at radius 3 is 2.18 bits per heavy atom. The number of ether oxygens (including phenoxy) is 1. The molecule has 1 atom stereocenters. The number of anilines is 1. The summed E-state index contributed by atoms with van der Waals surface area (Å²) in [6.07, 6.45) is 0. The van der Waals surface area contributed by atoms with Gasteiger partial charge in [-0.2, -0.15) is 0 Å². The standard InChI is InChI=1S/C22H17NO5/c24-16-9-5-14(6-10-16)22(18-3-1-2-4-19(18)23-21(22)27)15-7-11-17(12-8-15)28-13-20(25)26/h1-12,24H,13H2,(H,23,27)(H,25,26). The number of phenolic OH excluding ortho intramolecular Hbond substituents is 1. The highest BCUT2D eigenvalue weighted by atomic mass is 16.5. The summed E-state index contributed by atoms with van der Waals surface area (Å²) in [5.41, 5.74) is 1.88. The molecule has 4 rings (SSSR count). The molecule has 1 unspecified atom stereocenters. The number of hydrogen-bond acceptors (Lipinski definition) is 4. The number of carboxylic acid groups (broad SMARTS) is 1. The molecule has 0 bridgehead atoms. The van der Waals surface area contributed by atoms with Crippen molar-refractivity contribution in [1.29, 1.82) is 0 Å². The van der Waals surface area contributed by atoms with E-state index in [4.69, 9.17) is 9.84 Å². The van der Waals surface area contributed by atoms with Crippen LogP contribution in [0.3, 0.4) is 0 Å². The molecule has 6 heteroatoms. The average Bonchev–Trinajstić information content (AvgIpc) is 3.00. The SMILES string of the molecule is O=C(O)COc1ccc(C2(c3ccc(O)cc3)C(=O)Nc3ccccc32)cc1. The number of carbonyl (C=O) groups excluding carboxylic acids is 1. The first-order chi connectivity index (χ1) is 13.5. The van der Waals surface area contributed by atoms with Crippen LogP contribution in [0, 0.1) is 0 Å². The quantitative estimate of drug-likeness (QED) is 0.637. The maximum absolute atomic E-state index is 13.3. The number of carboxylic acids is 1. The zero-order valence-electron chi connectivity index (χ0n) is 14.8. The molecular weight excluding hydrogens is 358 g/mol. The van der Waals surface area contributed by atoms with Crippen LogP contribution in [0.25, 0.3) is 0 Å². The van der Waals surface area contributed by atoms with Crippen LogP contribution in [-0.4, -0.2) is 28.7 Å². The Morgan fingerprint density at radius 1 is 0.929 bits per heavy atom. The number of carbonyl (C=O) groups is 2. The molecule has 1 amide bonds. The molecular formula is C22H17NO5. The van der Waals surface area contributed by atoms with Gasteiger partial charge in [-0.15, -0.1) is 0 Å². The molecule has 3 N–H and O–H groups in total. The fourth-order valence-electron chi connectivity index (χ4n) is 3.66. The monoisotopic (exact) mass is 375 g/mol. The van der Waals surface area contributed by atoms with E-state index in [0.29, 0.717) is 16.9 Å². The smallest absolute Gasteiger partial charge is 0.341 e. The largest absolute Gasteiger partial charge is 0.508 e. The molecule has 140 valence electrons. The first-order valence-corrected chi connectivity index (χ1v) is 8.67. The first kappa shape index (κ1) is 17.6. The Morgan fingerprint density at radius 2 is 1.54 bits per heavy atom. The van der Waals surface area contributed by atoms with Crippen molar-refractivity contribution in [3.8, 4) is 11.5 Å². The van der Waals surface area contributed by atoms with Crippen molar-refractivity contribution >= 4 is 17.6 Å². The summed E-state index contributed by atoms with van der Waals surface area (Å²) in [6.45, 7) is -0.439. The zero-order chi connectivity index (χ0) is 19.7. The predicted molar refractivity (Wildman–Crippen MR) is 103 cm³/mol. The number of nitrogens with one attached hydrogen (secondary N) is 1. The number of aliphatic carboxylic acids is 1. The van der Waals surface area contributed by atoms with E-state index in [2.05, 4.69) is 5.32 Å². The van der Waals surface area contributed by atoms with E-state index >= 15 is 0 Å². The van der Waals surface area contributed by atoms with Crippen LogP contribution < -0.4 is 10.1 Å². The number of benzene rings is 3. The van der Waals surface area contributed by atoms with Gasteiger partial charge in [-0.25, -0.2) is 4.79 Å². The van der Waals surface area contributed by atoms with Crippen LogP contribution in [0.1, 0.15) is 16.7 Å². The minimum absolute atomic E-state index is 0.114. The fraction of sp³-hybridized carbons (Fsp3) is 0.0909. The highest BCUT2D eigenvalue weighted by Crippen LogP contribution is 2.47. The van der Waals surface area contributed by atoms with E-state index < -0.39 is 18.0 Å². The number of amides is 1. The van der Waals surface area contributed by atoms with Gasteiger partial charge in [0.1, 0.15) is 16.9 Å². The van der Waals surface area contributed by atoms with E-state index in [0.717, 1.165) is 11.3 Å². The Bertz CT molecular complexity index is 1040. The zero-order valence-corrected chi connectivity index (χ0v) is 14.8. The van der Waals surface area contributed by atoms with Crippen LogP contribution >= 0.6 is 0 Å². The van der Waals surface area contributed by atoms with Gasteiger partial charge in [0.25, 0.3) is 0 Å². The molecule has 6 nitrogen and oxygen atoms in total. The van der Waals surface area contributed by atoms with Crippen LogP contribution in [0.15, 0.2) is 72.8 Å². The van der Waals surface area contributed by atoms with Gasteiger partial charge in [0, 0.05) is 11.3 Å². The first-order valence-electron chi connectivity index (χ1n) is 8.67. The lowest BCUT2D eigenvalue weighted by Gasteiger charge is -2.29. The maximum Gasteiger partial charge on any atom is 0.341 e. The van der Waals surface area contributed by atoms with E-state index in [-0.39, 0.29) is 11.7 Å². The number of aromatic hydroxyl groups is 1. The van der Waals surface area contributed by atoms with Crippen molar-refractivity contribution in [1.82, 2.24) is 0 Å². The van der Waals surface area contributed by atoms with Gasteiger partial charge < -0.3 is 20.3 Å². The van der Waals surface area contributed by atoms with Gasteiger partial charge >= 0.3 is 5.97 Å². The van der Waals surface area contributed by atoms with E-state index in [1.807, 2.05) is 24.3 Å². The van der Waals surface area contributed by atoms with Crippen LogP contribution in [-0.2, 0) is 15.0 Å². The summed E-state index contributed by atoms with van der Waals surface area (Å²) in [7, 11) is 0. The molecule has 1 aliphatic rings. The van der Waals surface area contributed by atoms with Gasteiger partial charge in [-0.3, -0.25) is 4.79 Å². The van der Waals surface area contributed by atoms with Crippen LogP contribution in [0.5, 0.6) is 11.5 Å². The molecule has 1 heterocycles.